The molecule has 0 saturated heterocycles. The van der Waals surface area contributed by atoms with Crippen molar-refractivity contribution in [2.45, 2.75) is 26.2 Å². The first kappa shape index (κ1) is 6.20. The maximum Gasteiger partial charge on any atom is 0.302 e. The highest BCUT2D eigenvalue weighted by atomic mass is 16.5. The molecule has 3 fully saturated rings. The Labute approximate surface area is 60.6 Å². The van der Waals surface area contributed by atoms with Crippen LogP contribution in [-0.4, -0.2) is 12.6 Å². The second kappa shape index (κ2) is 1.74. The van der Waals surface area contributed by atoms with Crippen molar-refractivity contribution in [3.8, 4) is 0 Å². The van der Waals surface area contributed by atoms with Gasteiger partial charge < -0.3 is 4.74 Å². The summed E-state index contributed by atoms with van der Waals surface area (Å²) < 4.78 is 4.95. The fourth-order valence-corrected chi connectivity index (χ4v) is 2.09. The molecule has 3 aliphatic carbocycles. The average Bonchev–Trinajstić information content (AvgIpc) is 1.56. The highest BCUT2D eigenvalue weighted by Gasteiger charge is 2.56. The Morgan fingerprint density at radius 1 is 1.60 bits per heavy atom. The molecule has 0 aromatic rings. The Hall–Kier alpha value is -0.530. The minimum absolute atomic E-state index is 0.135. The molecule has 10 heavy (non-hydrogen) atoms. The van der Waals surface area contributed by atoms with Gasteiger partial charge in [-0.15, -0.1) is 0 Å². The molecule has 2 heteroatoms. The van der Waals surface area contributed by atoms with Gasteiger partial charge >= 0.3 is 5.97 Å². The van der Waals surface area contributed by atoms with Crippen molar-refractivity contribution in [3.63, 3.8) is 0 Å². The zero-order chi connectivity index (χ0) is 7.19. The van der Waals surface area contributed by atoms with E-state index in [4.69, 9.17) is 4.74 Å². The molecule has 3 rings (SSSR count). The van der Waals surface area contributed by atoms with Crippen molar-refractivity contribution in [3.05, 3.63) is 0 Å². The van der Waals surface area contributed by atoms with E-state index >= 15 is 0 Å². The van der Waals surface area contributed by atoms with Gasteiger partial charge in [-0.05, 0) is 25.2 Å². The van der Waals surface area contributed by atoms with Crippen LogP contribution in [-0.2, 0) is 9.53 Å². The molecule has 2 nitrogen and oxygen atoms in total. The Bertz CT molecular complexity index is 157. The van der Waals surface area contributed by atoms with E-state index in [1.54, 1.807) is 0 Å². The highest BCUT2D eigenvalue weighted by Crippen LogP contribution is 2.64. The standard InChI is InChI=1S/C8H12O2/c1-6(9)10-5-8-2-7(3-8)4-8/h7H,2-5H2,1H3. The zero-order valence-electron chi connectivity index (χ0n) is 6.22. The summed E-state index contributed by atoms with van der Waals surface area (Å²) in [6.07, 6.45) is 3.92. The topological polar surface area (TPSA) is 26.3 Å². The summed E-state index contributed by atoms with van der Waals surface area (Å²) >= 11 is 0. The first-order chi connectivity index (χ1) is 4.70. The molecule has 2 bridgehead atoms. The van der Waals surface area contributed by atoms with E-state index in [1.807, 2.05) is 0 Å². The van der Waals surface area contributed by atoms with E-state index < -0.39 is 0 Å². The van der Waals surface area contributed by atoms with Gasteiger partial charge in [-0.25, -0.2) is 0 Å². The molecule has 0 aromatic heterocycles. The maximum atomic E-state index is 10.4. The van der Waals surface area contributed by atoms with Crippen LogP contribution in [0, 0.1) is 11.3 Å². The van der Waals surface area contributed by atoms with Gasteiger partial charge in [-0.1, -0.05) is 0 Å². The summed E-state index contributed by atoms with van der Waals surface area (Å²) in [5.41, 5.74) is 0.455. The number of esters is 1. The van der Waals surface area contributed by atoms with Crippen LogP contribution in [0.5, 0.6) is 0 Å². The molecule has 0 unspecified atom stereocenters. The predicted octanol–water partition coefficient (Wildman–Crippen LogP) is 1.35. The van der Waals surface area contributed by atoms with Crippen molar-refractivity contribution in [1.82, 2.24) is 0 Å². The van der Waals surface area contributed by atoms with Crippen molar-refractivity contribution in [2.24, 2.45) is 11.3 Å². The Kier molecular flexibility index (Phi) is 1.08. The summed E-state index contributed by atoms with van der Waals surface area (Å²) in [4.78, 5) is 10.4. The van der Waals surface area contributed by atoms with Crippen molar-refractivity contribution in [1.29, 1.82) is 0 Å². The predicted molar refractivity (Wildman–Crippen MR) is 36.4 cm³/mol. The number of carbonyl (C=O) groups is 1. The van der Waals surface area contributed by atoms with E-state index in [0.717, 1.165) is 5.92 Å². The maximum absolute atomic E-state index is 10.4. The molecule has 56 valence electrons. The van der Waals surface area contributed by atoms with Crippen molar-refractivity contribution >= 4 is 5.97 Å². The van der Waals surface area contributed by atoms with Crippen LogP contribution in [0.1, 0.15) is 26.2 Å². The second-order valence-electron chi connectivity index (χ2n) is 3.76. The van der Waals surface area contributed by atoms with Crippen molar-refractivity contribution < 1.29 is 9.53 Å². The average molecular weight is 140 g/mol. The number of ether oxygens (including phenoxy) is 1. The summed E-state index contributed by atoms with van der Waals surface area (Å²) in [6, 6.07) is 0. The Morgan fingerprint density at radius 3 is 2.50 bits per heavy atom. The van der Waals surface area contributed by atoms with Gasteiger partial charge in [0.05, 0.1) is 6.61 Å². The molecule has 0 atom stereocenters. The summed E-state index contributed by atoms with van der Waals surface area (Å²) in [5, 5.41) is 0. The SMILES string of the molecule is CC(=O)OCC12CC(C1)C2. The fourth-order valence-electron chi connectivity index (χ4n) is 2.09. The number of hydrogen-bond donors (Lipinski definition) is 0. The van der Waals surface area contributed by atoms with Gasteiger partial charge in [-0.3, -0.25) is 4.79 Å². The summed E-state index contributed by atoms with van der Waals surface area (Å²) in [7, 11) is 0. The monoisotopic (exact) mass is 140 g/mol. The minimum atomic E-state index is -0.135. The van der Waals surface area contributed by atoms with Gasteiger partial charge in [0.25, 0.3) is 0 Å². The van der Waals surface area contributed by atoms with Crippen LogP contribution in [0.2, 0.25) is 0 Å². The van der Waals surface area contributed by atoms with Crippen LogP contribution in [0.25, 0.3) is 0 Å². The summed E-state index contributed by atoms with van der Waals surface area (Å²) in [6.45, 7) is 2.16. The first-order valence-corrected chi connectivity index (χ1v) is 3.84. The van der Waals surface area contributed by atoms with E-state index in [0.29, 0.717) is 12.0 Å². The van der Waals surface area contributed by atoms with Gasteiger partial charge in [-0.2, -0.15) is 0 Å². The quantitative estimate of drug-likeness (QED) is 0.541. The molecule has 0 aromatic carbocycles. The Morgan fingerprint density at radius 2 is 2.20 bits per heavy atom. The molecule has 0 radical (unpaired) electrons. The molecule has 0 N–H and O–H groups in total. The van der Waals surface area contributed by atoms with Gasteiger partial charge in [0.2, 0.25) is 0 Å². The number of rotatable bonds is 2. The summed E-state index contributed by atoms with van der Waals surface area (Å²) in [5.74, 6) is 0.847. The third-order valence-electron chi connectivity index (χ3n) is 2.75. The number of hydrogen-bond acceptors (Lipinski definition) is 2. The van der Waals surface area contributed by atoms with Gasteiger partial charge in [0.15, 0.2) is 0 Å². The molecule has 0 aliphatic heterocycles. The van der Waals surface area contributed by atoms with Crippen LogP contribution in [0.15, 0.2) is 0 Å². The molecule has 3 saturated carbocycles. The van der Waals surface area contributed by atoms with E-state index in [1.165, 1.54) is 26.2 Å². The molecular weight excluding hydrogens is 128 g/mol. The van der Waals surface area contributed by atoms with Crippen LogP contribution < -0.4 is 0 Å². The zero-order valence-corrected chi connectivity index (χ0v) is 6.22. The largest absolute Gasteiger partial charge is 0.465 e. The highest BCUT2D eigenvalue weighted by molar-refractivity contribution is 5.65. The van der Waals surface area contributed by atoms with E-state index in [9.17, 15) is 4.79 Å². The molecular formula is C8H12O2. The molecule has 0 amide bonds. The minimum Gasteiger partial charge on any atom is -0.465 e. The fraction of sp³-hybridized carbons (Fsp3) is 0.875. The van der Waals surface area contributed by atoms with Gasteiger partial charge in [0.1, 0.15) is 0 Å². The van der Waals surface area contributed by atoms with Crippen LogP contribution >= 0.6 is 0 Å². The van der Waals surface area contributed by atoms with E-state index in [-0.39, 0.29) is 5.97 Å². The first-order valence-electron chi connectivity index (χ1n) is 3.84. The van der Waals surface area contributed by atoms with Crippen molar-refractivity contribution in [2.75, 3.05) is 6.61 Å². The van der Waals surface area contributed by atoms with Crippen LogP contribution in [0.4, 0.5) is 0 Å². The Balaban J connectivity index is 1.75. The third kappa shape index (κ3) is 0.746. The lowest BCUT2D eigenvalue weighted by Gasteiger charge is -2.61. The smallest absolute Gasteiger partial charge is 0.302 e. The second-order valence-corrected chi connectivity index (χ2v) is 3.76. The lowest BCUT2D eigenvalue weighted by molar-refractivity contribution is -0.172. The third-order valence-corrected chi connectivity index (χ3v) is 2.75. The molecule has 0 heterocycles. The lowest BCUT2D eigenvalue weighted by atomic mass is 9.45. The normalized spacial score (nSPS) is 41.5. The lowest BCUT2D eigenvalue weighted by Crippen LogP contribution is -2.54. The van der Waals surface area contributed by atoms with E-state index in [2.05, 4.69) is 0 Å². The van der Waals surface area contributed by atoms with Crippen LogP contribution in [0.3, 0.4) is 0 Å². The van der Waals surface area contributed by atoms with Gasteiger partial charge in [0, 0.05) is 12.3 Å². The molecule has 3 aliphatic rings. The molecule has 0 spiro atoms. The number of carbonyl (C=O) groups excluding carboxylic acids is 1.